The van der Waals surface area contributed by atoms with Gasteiger partial charge in [-0.1, -0.05) is 0 Å². The summed E-state index contributed by atoms with van der Waals surface area (Å²) >= 11 is 1.24. The zero-order valence-corrected chi connectivity index (χ0v) is 13.7. The topological polar surface area (TPSA) is 153 Å². The quantitative estimate of drug-likeness (QED) is 0.376. The number of amides is 3. The molecule has 0 spiro atoms. The van der Waals surface area contributed by atoms with Crippen LogP contribution in [-0.4, -0.2) is 64.3 Å². The number of aromatic nitrogens is 1. The normalized spacial score (nSPS) is 23.5. The molecule has 2 bridgehead atoms. The lowest BCUT2D eigenvalue weighted by molar-refractivity contribution is -0.0316. The fourth-order valence-corrected chi connectivity index (χ4v) is 3.65. The van der Waals surface area contributed by atoms with Crippen molar-refractivity contribution < 1.29 is 26.8 Å². The van der Waals surface area contributed by atoms with Gasteiger partial charge in [0.25, 0.3) is 5.91 Å². The number of piperidine rings is 1. The number of fused-ring (bicyclic) bond motifs is 2. The fraction of sp³-hybridized carbons (Fsp3) is 0.455. The van der Waals surface area contributed by atoms with E-state index in [4.69, 9.17) is 9.96 Å². The third-order valence-electron chi connectivity index (χ3n) is 3.74. The summed E-state index contributed by atoms with van der Waals surface area (Å²) < 4.78 is 34.7. The molecule has 1 aromatic rings. The van der Waals surface area contributed by atoms with Crippen LogP contribution in [0.3, 0.4) is 0 Å². The largest absolute Gasteiger partial charge is 0.418 e. The van der Waals surface area contributed by atoms with Crippen LogP contribution in [0.5, 0.6) is 0 Å². The van der Waals surface area contributed by atoms with Gasteiger partial charge in [0.05, 0.1) is 17.6 Å². The van der Waals surface area contributed by atoms with Crippen LogP contribution in [0, 0.1) is 5.41 Å². The number of nitrogens with one attached hydrogen (secondary N) is 2. The van der Waals surface area contributed by atoms with Crippen molar-refractivity contribution in [2.75, 3.05) is 6.54 Å². The van der Waals surface area contributed by atoms with Gasteiger partial charge in [-0.15, -0.1) is 15.6 Å². The Balaban J connectivity index is 1.69. The highest BCUT2D eigenvalue weighted by Gasteiger charge is 2.48. The second-order valence-corrected chi connectivity index (χ2v) is 6.97. The molecule has 3 heterocycles. The van der Waals surface area contributed by atoms with Crippen molar-refractivity contribution in [3.63, 3.8) is 0 Å². The van der Waals surface area contributed by atoms with E-state index in [1.54, 1.807) is 0 Å². The van der Waals surface area contributed by atoms with Crippen LogP contribution in [0.25, 0.3) is 0 Å². The van der Waals surface area contributed by atoms with Crippen LogP contribution in [0.2, 0.25) is 0 Å². The van der Waals surface area contributed by atoms with Gasteiger partial charge in [0.2, 0.25) is 0 Å². The maximum Gasteiger partial charge on any atom is 0.418 e. The zero-order chi connectivity index (χ0) is 17.5. The molecule has 0 aliphatic carbocycles. The molecule has 2 aliphatic rings. The molecule has 130 valence electrons. The van der Waals surface area contributed by atoms with Crippen molar-refractivity contribution in [3.8, 4) is 0 Å². The van der Waals surface area contributed by atoms with Crippen molar-refractivity contribution in [3.05, 3.63) is 16.6 Å². The lowest BCUT2D eigenvalue weighted by Crippen LogP contribution is -2.50. The predicted octanol–water partition coefficient (Wildman–Crippen LogP) is -0.147. The molecule has 24 heavy (non-hydrogen) atoms. The maximum absolute atomic E-state index is 12.2. The molecule has 3 amide bonds. The summed E-state index contributed by atoms with van der Waals surface area (Å²) in [7, 11) is -4.82. The first-order chi connectivity index (χ1) is 11.3. The Kier molecular flexibility index (Phi) is 4.25. The molecule has 0 radical (unpaired) electrons. The van der Waals surface area contributed by atoms with Crippen molar-refractivity contribution in [1.82, 2.24) is 20.3 Å². The number of hydrogen-bond acceptors (Lipinski definition) is 8. The average Bonchev–Trinajstić information content (AvgIpc) is 3.11. The number of rotatable bonds is 4. The number of hydroxylamine groups is 2. The molecule has 11 nitrogen and oxygen atoms in total. The number of carbonyl (C=O) groups is 2. The highest BCUT2D eigenvalue weighted by Crippen LogP contribution is 2.30. The molecule has 3 N–H and O–H groups in total. The second-order valence-electron chi connectivity index (χ2n) is 5.25. The molecular formula is C11H13N5O6S2. The molecule has 13 heteroatoms. The van der Waals surface area contributed by atoms with E-state index in [1.165, 1.54) is 27.1 Å². The van der Waals surface area contributed by atoms with Crippen molar-refractivity contribution in [2.24, 2.45) is 0 Å². The monoisotopic (exact) mass is 375 g/mol. The Bertz CT molecular complexity index is 779. The van der Waals surface area contributed by atoms with E-state index < -0.39 is 34.4 Å². The number of hydrogen-bond donors (Lipinski definition) is 3. The van der Waals surface area contributed by atoms with E-state index in [1.807, 2.05) is 0 Å². The van der Waals surface area contributed by atoms with Crippen LogP contribution in [-0.2, 0) is 14.7 Å². The van der Waals surface area contributed by atoms with Crippen LogP contribution < -0.4 is 5.32 Å². The van der Waals surface area contributed by atoms with Gasteiger partial charge < -0.3 is 10.2 Å². The summed E-state index contributed by atoms with van der Waals surface area (Å²) in [6.07, 6.45) is 0.704. The zero-order valence-electron chi connectivity index (χ0n) is 12.1. The number of thiazole rings is 1. The minimum atomic E-state index is -4.82. The van der Waals surface area contributed by atoms with Crippen LogP contribution in [0.1, 0.15) is 23.3 Å². The summed E-state index contributed by atoms with van der Waals surface area (Å²) in [5, 5.41) is 12.5. The fourth-order valence-electron chi connectivity index (χ4n) is 2.73. The van der Waals surface area contributed by atoms with E-state index in [9.17, 15) is 18.0 Å². The minimum absolute atomic E-state index is 0.133. The standard InChI is InChI=1S/C11H13N5O6S2/c12-9(14-10(17)7-4-23-5-13-7)8-2-1-6-3-15(8)11(18)16(6)22-24(19,20)21/h4-6,8H,1-3H2,(H2,12,14,17)(H,19,20,21)/t6-,8+/m1/s1. The summed E-state index contributed by atoms with van der Waals surface area (Å²) in [6.45, 7) is 0.133. The molecule has 3 rings (SSSR count). The van der Waals surface area contributed by atoms with Crippen molar-refractivity contribution >= 4 is 39.5 Å². The van der Waals surface area contributed by atoms with E-state index in [2.05, 4.69) is 14.6 Å². The first kappa shape index (κ1) is 16.8. The Hall–Kier alpha value is -2.09. The van der Waals surface area contributed by atoms with Crippen LogP contribution in [0.15, 0.2) is 10.9 Å². The second kappa shape index (κ2) is 6.08. The molecule has 0 aromatic carbocycles. The molecule has 2 atom stereocenters. The highest BCUT2D eigenvalue weighted by molar-refractivity contribution is 7.80. The Morgan fingerprint density at radius 3 is 2.88 bits per heavy atom. The summed E-state index contributed by atoms with van der Waals surface area (Å²) in [6, 6.07) is -2.04. The molecule has 0 unspecified atom stereocenters. The van der Waals surface area contributed by atoms with Crippen molar-refractivity contribution in [2.45, 2.75) is 24.9 Å². The van der Waals surface area contributed by atoms with E-state index >= 15 is 0 Å². The molecule has 1 aromatic heterocycles. The molecule has 0 saturated carbocycles. The van der Waals surface area contributed by atoms with Crippen LogP contribution in [0.4, 0.5) is 4.79 Å². The average molecular weight is 375 g/mol. The number of carbonyl (C=O) groups excluding carboxylic acids is 2. The van der Waals surface area contributed by atoms with E-state index in [0.29, 0.717) is 17.9 Å². The van der Waals surface area contributed by atoms with Gasteiger partial charge in [-0.25, -0.2) is 9.78 Å². The van der Waals surface area contributed by atoms with E-state index in [0.717, 1.165) is 0 Å². The Morgan fingerprint density at radius 1 is 1.50 bits per heavy atom. The van der Waals surface area contributed by atoms with Crippen molar-refractivity contribution in [1.29, 1.82) is 5.41 Å². The van der Waals surface area contributed by atoms with Gasteiger partial charge in [-0.3, -0.25) is 14.8 Å². The Labute approximate surface area is 140 Å². The number of urea groups is 1. The summed E-state index contributed by atoms with van der Waals surface area (Å²) in [4.78, 5) is 29.2. The molecule has 2 fully saturated rings. The summed E-state index contributed by atoms with van der Waals surface area (Å²) in [5.41, 5.74) is 1.65. The number of amidine groups is 1. The predicted molar refractivity (Wildman–Crippen MR) is 80.7 cm³/mol. The number of nitrogens with zero attached hydrogens (tertiary/aromatic N) is 3. The first-order valence-corrected chi connectivity index (χ1v) is 9.12. The third-order valence-corrected chi connectivity index (χ3v) is 4.68. The maximum atomic E-state index is 12.2. The van der Waals surface area contributed by atoms with Gasteiger partial charge in [0.1, 0.15) is 11.5 Å². The third kappa shape index (κ3) is 3.24. The molecule has 2 saturated heterocycles. The lowest BCUT2D eigenvalue weighted by Gasteiger charge is -2.30. The SMILES string of the molecule is N=C(NC(=O)c1cscn1)[C@@H]1CC[C@@H]2CN1C(=O)N2OS(=O)(=O)O. The van der Waals surface area contributed by atoms with Gasteiger partial charge in [-0.05, 0) is 12.8 Å². The van der Waals surface area contributed by atoms with Gasteiger partial charge in [-0.2, -0.15) is 13.5 Å². The summed E-state index contributed by atoms with van der Waals surface area (Å²) in [5.74, 6) is -0.741. The van der Waals surface area contributed by atoms with Gasteiger partial charge >= 0.3 is 16.4 Å². The van der Waals surface area contributed by atoms with Gasteiger partial charge in [0.15, 0.2) is 0 Å². The minimum Gasteiger partial charge on any atom is -0.310 e. The molecule has 2 aliphatic heterocycles. The van der Waals surface area contributed by atoms with Gasteiger partial charge in [0, 0.05) is 11.9 Å². The smallest absolute Gasteiger partial charge is 0.310 e. The highest BCUT2D eigenvalue weighted by atomic mass is 32.3. The van der Waals surface area contributed by atoms with Crippen LogP contribution >= 0.6 is 11.3 Å². The Morgan fingerprint density at radius 2 is 2.25 bits per heavy atom. The lowest BCUT2D eigenvalue weighted by atomic mass is 10.00. The first-order valence-electron chi connectivity index (χ1n) is 6.81. The molecular weight excluding hydrogens is 362 g/mol. The van der Waals surface area contributed by atoms with E-state index in [-0.39, 0.29) is 18.1 Å².